The molecule has 6 nitrogen and oxygen atoms in total. The Balaban J connectivity index is 1.22. The van der Waals surface area contributed by atoms with Crippen LogP contribution in [0.25, 0.3) is 0 Å². The molecule has 2 aliphatic heterocycles. The molecule has 1 fully saturated rings. The molecule has 0 aliphatic carbocycles. The van der Waals surface area contributed by atoms with E-state index in [0.29, 0.717) is 12.5 Å². The first kappa shape index (κ1) is 19.7. The number of para-hydroxylation sites is 1. The fourth-order valence-electron chi connectivity index (χ4n) is 3.98. The van der Waals surface area contributed by atoms with Gasteiger partial charge in [0.05, 0.1) is 7.11 Å². The fourth-order valence-corrected chi connectivity index (χ4v) is 3.98. The predicted molar refractivity (Wildman–Crippen MR) is 110 cm³/mol. The summed E-state index contributed by atoms with van der Waals surface area (Å²) in [6, 6.07) is 15.8. The monoisotopic (exact) mass is 396 g/mol. The van der Waals surface area contributed by atoms with E-state index < -0.39 is 6.10 Å². The van der Waals surface area contributed by atoms with Gasteiger partial charge in [-0.1, -0.05) is 30.3 Å². The normalized spacial score (nSPS) is 19.8. The molecule has 154 valence electrons. The van der Waals surface area contributed by atoms with Gasteiger partial charge >= 0.3 is 0 Å². The summed E-state index contributed by atoms with van der Waals surface area (Å²) in [5.74, 6) is 2.03. The van der Waals surface area contributed by atoms with Gasteiger partial charge in [0.25, 0.3) is 5.91 Å². The molecule has 0 saturated carbocycles. The Morgan fingerprint density at radius 2 is 1.90 bits per heavy atom. The maximum atomic E-state index is 12.6. The van der Waals surface area contributed by atoms with Crippen molar-refractivity contribution in [1.82, 2.24) is 10.2 Å². The highest BCUT2D eigenvalue weighted by Gasteiger charge is 2.29. The van der Waals surface area contributed by atoms with Crippen LogP contribution in [-0.4, -0.2) is 44.3 Å². The molecule has 0 bridgehead atoms. The number of hydrogen-bond acceptors (Lipinski definition) is 5. The average molecular weight is 396 g/mol. The number of carbonyl (C=O) groups excluding carboxylic acids is 1. The first-order chi connectivity index (χ1) is 14.2. The fraction of sp³-hybridized carbons (Fsp3) is 0.435. The van der Waals surface area contributed by atoms with Crippen molar-refractivity contribution in [1.29, 1.82) is 0 Å². The van der Waals surface area contributed by atoms with E-state index in [1.807, 2.05) is 36.4 Å². The number of likely N-dealkylation sites (tertiary alicyclic amines) is 1. The van der Waals surface area contributed by atoms with Crippen molar-refractivity contribution in [2.24, 2.45) is 5.92 Å². The zero-order valence-electron chi connectivity index (χ0n) is 16.8. The van der Waals surface area contributed by atoms with Crippen LogP contribution in [0.4, 0.5) is 0 Å². The van der Waals surface area contributed by atoms with Gasteiger partial charge in [0.1, 0.15) is 11.5 Å². The maximum absolute atomic E-state index is 12.6. The molecule has 0 aromatic heterocycles. The van der Waals surface area contributed by atoms with Crippen LogP contribution < -0.4 is 14.8 Å². The number of nitrogens with one attached hydrogen (secondary N) is 1. The number of amides is 1. The van der Waals surface area contributed by atoms with Crippen molar-refractivity contribution < 1.29 is 19.0 Å². The molecular formula is C23H28N2O4. The molecule has 2 aliphatic rings. The number of fused-ring (bicyclic) bond motifs is 1. The van der Waals surface area contributed by atoms with Crippen molar-refractivity contribution >= 4 is 5.91 Å². The van der Waals surface area contributed by atoms with Crippen LogP contribution in [0.5, 0.6) is 11.5 Å². The Kier molecular flexibility index (Phi) is 6.32. The summed E-state index contributed by atoms with van der Waals surface area (Å²) in [5.41, 5.74) is 2.10. The van der Waals surface area contributed by atoms with Crippen LogP contribution >= 0.6 is 0 Å². The van der Waals surface area contributed by atoms with Crippen molar-refractivity contribution in [3.05, 3.63) is 59.7 Å². The highest BCUT2D eigenvalue weighted by atomic mass is 16.7. The predicted octanol–water partition coefficient (Wildman–Crippen LogP) is 3.13. The Bertz CT molecular complexity index is 816. The first-order valence-electron chi connectivity index (χ1n) is 10.2. The summed E-state index contributed by atoms with van der Waals surface area (Å²) in [5, 5.41) is 3.09. The van der Waals surface area contributed by atoms with Crippen molar-refractivity contribution in [2.45, 2.75) is 25.5 Å². The average Bonchev–Trinajstić information content (AvgIpc) is 2.78. The first-order valence-corrected chi connectivity index (χ1v) is 10.2. The van der Waals surface area contributed by atoms with Gasteiger partial charge in [-0.2, -0.15) is 0 Å². The molecule has 0 spiro atoms. The van der Waals surface area contributed by atoms with Crippen LogP contribution in [0.2, 0.25) is 0 Å². The molecule has 29 heavy (non-hydrogen) atoms. The molecular weight excluding hydrogens is 368 g/mol. The molecule has 1 atom stereocenters. The molecule has 2 aromatic rings. The van der Waals surface area contributed by atoms with Crippen LogP contribution in [0.15, 0.2) is 48.5 Å². The van der Waals surface area contributed by atoms with Crippen LogP contribution in [0.1, 0.15) is 30.1 Å². The van der Waals surface area contributed by atoms with Crippen LogP contribution in [0.3, 0.4) is 0 Å². The van der Waals surface area contributed by atoms with Crippen LogP contribution in [-0.2, 0) is 16.1 Å². The van der Waals surface area contributed by atoms with Gasteiger partial charge in [-0.05, 0) is 55.6 Å². The molecule has 6 heteroatoms. The van der Waals surface area contributed by atoms with Crippen molar-refractivity contribution in [2.75, 3.05) is 33.5 Å². The minimum atomic E-state index is -0.588. The van der Waals surface area contributed by atoms with E-state index in [2.05, 4.69) is 22.3 Å². The topological polar surface area (TPSA) is 60.0 Å². The van der Waals surface area contributed by atoms with Gasteiger partial charge in [-0.25, -0.2) is 0 Å². The molecule has 2 heterocycles. The Morgan fingerprint density at radius 3 is 2.66 bits per heavy atom. The van der Waals surface area contributed by atoms with Gasteiger partial charge < -0.3 is 19.5 Å². The molecule has 0 radical (unpaired) electrons. The highest BCUT2D eigenvalue weighted by Crippen LogP contribution is 2.31. The summed E-state index contributed by atoms with van der Waals surface area (Å²) < 4.78 is 16.2. The summed E-state index contributed by atoms with van der Waals surface area (Å²) in [6.07, 6.45) is 1.58. The summed E-state index contributed by atoms with van der Waals surface area (Å²) in [4.78, 5) is 15.1. The van der Waals surface area contributed by atoms with Crippen molar-refractivity contribution in [3.63, 3.8) is 0 Å². The van der Waals surface area contributed by atoms with Gasteiger partial charge in [-0.3, -0.25) is 9.69 Å². The lowest BCUT2D eigenvalue weighted by Crippen LogP contribution is -2.40. The van der Waals surface area contributed by atoms with Crippen molar-refractivity contribution in [3.8, 4) is 11.5 Å². The summed E-state index contributed by atoms with van der Waals surface area (Å²) in [7, 11) is 1.69. The highest BCUT2D eigenvalue weighted by molar-refractivity contribution is 5.83. The Morgan fingerprint density at radius 1 is 1.14 bits per heavy atom. The van der Waals surface area contributed by atoms with Gasteiger partial charge in [0, 0.05) is 18.7 Å². The summed E-state index contributed by atoms with van der Waals surface area (Å²) in [6.45, 7) is 3.85. The second-order valence-corrected chi connectivity index (χ2v) is 7.66. The number of carbonyl (C=O) groups is 1. The molecule has 1 saturated heterocycles. The number of rotatable bonds is 6. The number of piperidine rings is 1. The largest absolute Gasteiger partial charge is 0.497 e. The number of benzene rings is 2. The van der Waals surface area contributed by atoms with E-state index in [1.54, 1.807) is 7.11 Å². The Hall–Kier alpha value is -2.57. The molecule has 1 N–H and O–H groups in total. The van der Waals surface area contributed by atoms with Gasteiger partial charge in [0.2, 0.25) is 0 Å². The molecule has 2 aromatic carbocycles. The molecule has 0 unspecified atom stereocenters. The third-order valence-electron chi connectivity index (χ3n) is 5.73. The number of nitrogens with zero attached hydrogens (tertiary/aromatic N) is 1. The van der Waals surface area contributed by atoms with E-state index in [4.69, 9.17) is 14.2 Å². The third kappa shape index (κ3) is 4.89. The van der Waals surface area contributed by atoms with E-state index in [1.165, 1.54) is 5.56 Å². The quantitative estimate of drug-likeness (QED) is 0.813. The lowest BCUT2D eigenvalue weighted by molar-refractivity contribution is -0.142. The minimum absolute atomic E-state index is 0.0820. The second kappa shape index (κ2) is 9.29. The molecule has 1 amide bonds. The number of ether oxygens (including phenoxy) is 3. The second-order valence-electron chi connectivity index (χ2n) is 7.66. The van der Waals surface area contributed by atoms with Gasteiger partial charge in [0.15, 0.2) is 12.9 Å². The zero-order valence-corrected chi connectivity index (χ0v) is 16.8. The Labute approximate surface area is 171 Å². The maximum Gasteiger partial charge on any atom is 0.254 e. The van der Waals surface area contributed by atoms with E-state index in [0.717, 1.165) is 49.5 Å². The smallest absolute Gasteiger partial charge is 0.254 e. The lowest BCUT2D eigenvalue weighted by Gasteiger charge is -2.32. The third-order valence-corrected chi connectivity index (χ3v) is 5.73. The standard InChI is InChI=1S/C23H28N2O4/c1-27-19-8-6-18(7-9-19)15-25-12-10-17(11-13-25)14-24-23(26)22-20-4-2-3-5-21(20)28-16-29-22/h2-9,17,22H,10-16H2,1H3,(H,24,26)/t22-/m0/s1. The molecule has 4 rings (SSSR count). The number of hydrogen-bond donors (Lipinski definition) is 1. The minimum Gasteiger partial charge on any atom is -0.497 e. The SMILES string of the molecule is COc1ccc(CN2CCC(CNC(=O)[C@H]3OCOc4ccccc43)CC2)cc1. The van der Waals surface area contributed by atoms with Crippen LogP contribution in [0, 0.1) is 5.92 Å². The van der Waals surface area contributed by atoms with E-state index >= 15 is 0 Å². The number of methoxy groups -OCH3 is 1. The van der Waals surface area contributed by atoms with E-state index in [9.17, 15) is 4.79 Å². The summed E-state index contributed by atoms with van der Waals surface area (Å²) >= 11 is 0. The van der Waals surface area contributed by atoms with Gasteiger partial charge in [-0.15, -0.1) is 0 Å². The lowest BCUT2D eigenvalue weighted by atomic mass is 9.96. The zero-order chi connectivity index (χ0) is 20.1. The van der Waals surface area contributed by atoms with E-state index in [-0.39, 0.29) is 12.7 Å².